The van der Waals surface area contributed by atoms with Crippen LogP contribution in [0.1, 0.15) is 13.3 Å². The van der Waals surface area contributed by atoms with Crippen LogP contribution in [0.3, 0.4) is 0 Å². The molecule has 0 saturated heterocycles. The van der Waals surface area contributed by atoms with E-state index < -0.39 is 43.9 Å². The Labute approximate surface area is 132 Å². The first-order chi connectivity index (χ1) is 8.78. The van der Waals surface area contributed by atoms with E-state index in [0.29, 0.717) is 4.13 Å². The van der Waals surface area contributed by atoms with E-state index in [1.807, 2.05) is 0 Å². The molecule has 0 aromatic carbocycles. The van der Waals surface area contributed by atoms with Crippen LogP contribution >= 0.6 is 0 Å². The molecule has 0 fully saturated rings. The predicted molar refractivity (Wildman–Crippen MR) is 68.0 cm³/mol. The number of halogens is 3. The summed E-state index contributed by atoms with van der Waals surface area (Å²) < 4.78 is 84.3. The van der Waals surface area contributed by atoms with Crippen LogP contribution in [0.4, 0.5) is 13.2 Å². The van der Waals surface area contributed by atoms with Crippen molar-refractivity contribution < 1.29 is 39.5 Å². The smallest absolute Gasteiger partial charge is 0.462 e. The molecule has 0 saturated carbocycles. The third-order valence-electron chi connectivity index (χ3n) is 1.68. The van der Waals surface area contributed by atoms with Crippen LogP contribution < -0.4 is 4.13 Å². The summed E-state index contributed by atoms with van der Waals surface area (Å²) >= 11 is 0. The minimum Gasteiger partial charge on any atom is -0.462 e. The minimum atomic E-state index is -5.98. The van der Waals surface area contributed by atoms with Gasteiger partial charge in [-0.25, -0.2) is 21.6 Å². The van der Waals surface area contributed by atoms with Gasteiger partial charge < -0.3 is 4.74 Å². The van der Waals surface area contributed by atoms with Gasteiger partial charge >= 0.3 is 21.5 Å². The monoisotopic (exact) mass is 346 g/mol. The Balaban J connectivity index is 0. The van der Waals surface area contributed by atoms with E-state index in [4.69, 9.17) is 0 Å². The average molecular weight is 346 g/mol. The summed E-state index contributed by atoms with van der Waals surface area (Å²) in [5, 5.41) is 0. The topological polar surface area (TPSA) is 107 Å². The second-order valence-electron chi connectivity index (χ2n) is 3.62. The maximum atomic E-state index is 12.0. The van der Waals surface area contributed by atoms with Gasteiger partial charge in [0, 0.05) is 24.4 Å². The molecule has 0 unspecified atom stereocenters. The van der Waals surface area contributed by atoms with Crippen LogP contribution in [0.15, 0.2) is 12.2 Å². The summed E-state index contributed by atoms with van der Waals surface area (Å²) in [5.74, 6) is -1.75. The van der Waals surface area contributed by atoms with Crippen molar-refractivity contribution in [1.29, 1.82) is 0 Å². The molecule has 0 aliphatic rings. The van der Waals surface area contributed by atoms with Crippen LogP contribution in [0.5, 0.6) is 0 Å². The molecule has 1 N–H and O–H groups in total. The number of hydrogen-bond acceptors (Lipinski definition) is 6. The molecule has 0 spiro atoms. The summed E-state index contributed by atoms with van der Waals surface area (Å²) in [6, 6.07) is 0. The Kier molecular flexibility index (Phi) is 8.86. The van der Waals surface area contributed by atoms with Gasteiger partial charge in [0.05, 0.1) is 12.4 Å². The maximum Gasteiger partial charge on any atom is 0.512 e. The molecule has 0 atom stereocenters. The summed E-state index contributed by atoms with van der Waals surface area (Å²) in [4.78, 5) is 10.9. The number of carbonyl (C=O) groups excluding carboxylic acids is 1. The van der Waals surface area contributed by atoms with E-state index in [-0.39, 0.29) is 30.9 Å². The fourth-order valence-corrected chi connectivity index (χ4v) is 3.34. The molecule has 7 nitrogen and oxygen atoms in total. The average Bonchev–Trinajstić information content (AvgIpc) is 2.20. The van der Waals surface area contributed by atoms with E-state index in [1.54, 1.807) is 0 Å². The summed E-state index contributed by atoms with van der Waals surface area (Å²) in [7, 11) is -10.7. The van der Waals surface area contributed by atoms with Crippen molar-refractivity contribution in [1.82, 2.24) is 4.13 Å². The van der Waals surface area contributed by atoms with E-state index in [9.17, 15) is 34.8 Å². The van der Waals surface area contributed by atoms with Crippen molar-refractivity contribution in [3.63, 3.8) is 0 Å². The zero-order chi connectivity index (χ0) is 16.2. The number of hydrogen-bond donors (Lipinski definition) is 1. The molecule has 21 heavy (non-hydrogen) atoms. The van der Waals surface area contributed by atoms with Gasteiger partial charge in [0.25, 0.3) is 0 Å². The number of carbonyl (C=O) groups is 1. The number of ether oxygens (including phenoxy) is 1. The van der Waals surface area contributed by atoms with Crippen molar-refractivity contribution in [2.45, 2.75) is 18.9 Å². The van der Waals surface area contributed by atoms with Gasteiger partial charge in [0.1, 0.15) is 0 Å². The first-order valence-corrected chi connectivity index (χ1v) is 8.07. The number of nitrogens with one attached hydrogen (secondary N) is 1. The normalized spacial score (nSPS) is 12.4. The zero-order valence-electron chi connectivity index (χ0n) is 11.2. The van der Waals surface area contributed by atoms with Crippen LogP contribution in [0.2, 0.25) is 0 Å². The Hall–Kier alpha value is -0.543. The number of sulfonamides is 2. The molecule has 0 aliphatic heterocycles. The minimum absolute atomic E-state index is 0. The molecule has 0 aliphatic carbocycles. The van der Waals surface area contributed by atoms with E-state index in [0.717, 1.165) is 0 Å². The van der Waals surface area contributed by atoms with Crippen molar-refractivity contribution in [3.05, 3.63) is 12.2 Å². The van der Waals surface area contributed by atoms with Crippen LogP contribution in [-0.4, -0.2) is 59.5 Å². The van der Waals surface area contributed by atoms with Crippen LogP contribution in [0, 0.1) is 0 Å². The first kappa shape index (κ1) is 22.7. The summed E-state index contributed by atoms with van der Waals surface area (Å²) in [6.07, 6.45) is -0.373. The third-order valence-corrected chi connectivity index (χ3v) is 5.01. The van der Waals surface area contributed by atoms with Crippen molar-refractivity contribution >= 4 is 44.9 Å². The SMILES string of the molecule is C=C(C)C(=O)OCCCS(=O)(=O)NS(=O)(=O)C(F)(F)F.[Li]. The number of esters is 1. The molecule has 119 valence electrons. The molecular weight excluding hydrogens is 334 g/mol. The molecule has 0 rings (SSSR count). The van der Waals surface area contributed by atoms with Crippen molar-refractivity contribution in [3.8, 4) is 0 Å². The third kappa shape index (κ3) is 8.47. The molecule has 0 heterocycles. The Morgan fingerprint density at radius 1 is 1.24 bits per heavy atom. The zero-order valence-corrected chi connectivity index (χ0v) is 12.9. The van der Waals surface area contributed by atoms with Gasteiger partial charge in [-0.1, -0.05) is 6.58 Å². The van der Waals surface area contributed by atoms with E-state index >= 15 is 0 Å². The predicted octanol–water partition coefficient (Wildman–Crippen LogP) is -0.116. The van der Waals surface area contributed by atoms with Crippen molar-refractivity contribution in [2.24, 2.45) is 0 Å². The van der Waals surface area contributed by atoms with E-state index in [2.05, 4.69) is 11.3 Å². The van der Waals surface area contributed by atoms with Gasteiger partial charge in [0.2, 0.25) is 10.0 Å². The van der Waals surface area contributed by atoms with Gasteiger partial charge in [-0.3, -0.25) is 0 Å². The quantitative estimate of drug-likeness (QED) is 0.298. The standard InChI is InChI=1S/C8H12F3NO6S2.Li/c1-6(2)7(13)18-4-3-5-19(14,15)12-20(16,17)8(9,10)11;/h12H,1,3-5H2,2H3;. The van der Waals surface area contributed by atoms with Crippen molar-refractivity contribution in [2.75, 3.05) is 12.4 Å². The second-order valence-corrected chi connectivity index (χ2v) is 7.40. The van der Waals surface area contributed by atoms with E-state index in [1.165, 1.54) is 6.92 Å². The van der Waals surface area contributed by atoms with Crippen LogP contribution in [-0.2, 0) is 29.6 Å². The largest absolute Gasteiger partial charge is 0.512 e. The maximum absolute atomic E-state index is 12.0. The van der Waals surface area contributed by atoms with Gasteiger partial charge in [0.15, 0.2) is 0 Å². The fourth-order valence-electron chi connectivity index (χ4n) is 0.793. The molecule has 0 bridgehead atoms. The van der Waals surface area contributed by atoms with Gasteiger partial charge in [-0.15, -0.1) is 4.13 Å². The first-order valence-electron chi connectivity index (χ1n) is 4.94. The fraction of sp³-hybridized carbons (Fsp3) is 0.625. The molecular formula is C8H12F3LiNO6S2. The number of alkyl halides is 3. The molecule has 13 heteroatoms. The summed E-state index contributed by atoms with van der Waals surface area (Å²) in [5.41, 5.74) is -5.67. The Bertz CT molecular complexity index is 584. The Morgan fingerprint density at radius 2 is 1.71 bits per heavy atom. The molecule has 1 radical (unpaired) electrons. The number of rotatable bonds is 7. The molecule has 0 aromatic rings. The molecule has 0 amide bonds. The van der Waals surface area contributed by atoms with Gasteiger partial charge in [-0.05, 0) is 13.3 Å². The Morgan fingerprint density at radius 3 is 2.10 bits per heavy atom. The van der Waals surface area contributed by atoms with Gasteiger partial charge in [-0.2, -0.15) is 13.2 Å². The second kappa shape index (κ2) is 8.19. The van der Waals surface area contributed by atoms with Crippen LogP contribution in [0.25, 0.3) is 0 Å². The molecule has 0 aromatic heterocycles. The summed E-state index contributed by atoms with van der Waals surface area (Å²) in [6.45, 7) is 4.19.